The van der Waals surface area contributed by atoms with E-state index in [1.807, 2.05) is 0 Å². The largest absolute Gasteiger partial charge is 0.478 e. The summed E-state index contributed by atoms with van der Waals surface area (Å²) >= 11 is 0. The van der Waals surface area contributed by atoms with Crippen molar-refractivity contribution < 1.29 is 27.7 Å². The van der Waals surface area contributed by atoms with E-state index in [0.717, 1.165) is 0 Å². The zero-order valence-electron chi connectivity index (χ0n) is 11.3. The van der Waals surface area contributed by atoms with Crippen LogP contribution in [0.25, 0.3) is 0 Å². The Labute approximate surface area is 126 Å². The molecule has 0 spiro atoms. The van der Waals surface area contributed by atoms with Gasteiger partial charge in [-0.05, 0) is 11.6 Å². The molecule has 2 N–H and O–H groups in total. The lowest BCUT2D eigenvalue weighted by Gasteiger charge is -2.11. The van der Waals surface area contributed by atoms with E-state index in [9.17, 15) is 23.1 Å². The highest BCUT2D eigenvalue weighted by Gasteiger charge is 2.23. The number of carboxylic acids is 1. The van der Waals surface area contributed by atoms with Crippen LogP contribution in [0.3, 0.4) is 0 Å². The van der Waals surface area contributed by atoms with Crippen LogP contribution in [0.5, 0.6) is 0 Å². The third-order valence-electron chi connectivity index (χ3n) is 2.98. The summed E-state index contributed by atoms with van der Waals surface area (Å²) in [5.41, 5.74) is -0.377. The van der Waals surface area contributed by atoms with Gasteiger partial charge in [0.05, 0.1) is 5.56 Å². The molecule has 0 atom stereocenters. The molecule has 0 saturated heterocycles. The summed E-state index contributed by atoms with van der Waals surface area (Å²) in [5, 5.41) is 9.22. The number of ketones is 1. The minimum Gasteiger partial charge on any atom is -0.478 e. The molecule has 2 aromatic rings. The molecule has 2 rings (SSSR count). The van der Waals surface area contributed by atoms with Crippen LogP contribution in [-0.2, 0) is 15.9 Å². The Bertz CT molecular complexity index is 824. The summed E-state index contributed by atoms with van der Waals surface area (Å²) in [5.74, 6) is -2.80. The third-order valence-corrected chi connectivity index (χ3v) is 3.66. The third kappa shape index (κ3) is 3.57. The SMILES string of the molecule is O=C(O)c1cccc(CS(=O)(=O)O)c1C(=O)c1ccccc1. The molecule has 0 saturated carbocycles. The first-order chi connectivity index (χ1) is 10.3. The molecule has 0 amide bonds. The topological polar surface area (TPSA) is 109 Å². The predicted molar refractivity (Wildman–Crippen MR) is 78.5 cm³/mol. The number of carboxylic acid groups (broad SMARTS) is 1. The Morgan fingerprint density at radius 3 is 2.14 bits per heavy atom. The smallest absolute Gasteiger partial charge is 0.336 e. The molecule has 0 aliphatic heterocycles. The van der Waals surface area contributed by atoms with Crippen molar-refractivity contribution in [3.63, 3.8) is 0 Å². The molecule has 0 aliphatic carbocycles. The molecule has 0 radical (unpaired) electrons. The van der Waals surface area contributed by atoms with E-state index in [0.29, 0.717) is 0 Å². The standard InChI is InChI=1S/C15H12O6S/c16-14(10-5-2-1-3-6-10)13-11(9-22(19,20)21)7-4-8-12(13)15(17)18/h1-8H,9H2,(H,17,18)(H,19,20,21). The van der Waals surface area contributed by atoms with E-state index in [4.69, 9.17) is 4.55 Å². The molecular formula is C15H12O6S. The van der Waals surface area contributed by atoms with Gasteiger partial charge < -0.3 is 5.11 Å². The van der Waals surface area contributed by atoms with E-state index in [2.05, 4.69) is 0 Å². The number of hydrogen-bond acceptors (Lipinski definition) is 4. The summed E-state index contributed by atoms with van der Waals surface area (Å²) in [6, 6.07) is 11.8. The fourth-order valence-electron chi connectivity index (χ4n) is 2.10. The van der Waals surface area contributed by atoms with Crippen LogP contribution in [0.1, 0.15) is 31.8 Å². The molecule has 22 heavy (non-hydrogen) atoms. The number of benzene rings is 2. The molecule has 0 heterocycles. The Balaban J connectivity index is 2.65. The van der Waals surface area contributed by atoms with Gasteiger partial charge in [0.2, 0.25) is 0 Å². The Hall–Kier alpha value is -2.51. The van der Waals surface area contributed by atoms with Crippen molar-refractivity contribution in [1.82, 2.24) is 0 Å². The summed E-state index contributed by atoms with van der Waals surface area (Å²) in [6.45, 7) is 0. The quantitative estimate of drug-likeness (QED) is 0.644. The van der Waals surface area contributed by atoms with Gasteiger partial charge in [0.15, 0.2) is 5.78 Å². The number of carbonyl (C=O) groups is 2. The van der Waals surface area contributed by atoms with Gasteiger partial charge in [0, 0.05) is 11.1 Å². The molecule has 2 aromatic carbocycles. The van der Waals surface area contributed by atoms with Gasteiger partial charge in [-0.2, -0.15) is 8.42 Å². The molecule has 0 fully saturated rings. The van der Waals surface area contributed by atoms with Gasteiger partial charge in [0.1, 0.15) is 5.75 Å². The predicted octanol–water partition coefficient (Wildman–Crippen LogP) is 2.00. The van der Waals surface area contributed by atoms with Crippen LogP contribution in [0.4, 0.5) is 0 Å². The lowest BCUT2D eigenvalue weighted by atomic mass is 9.94. The van der Waals surface area contributed by atoms with Gasteiger partial charge in [0.25, 0.3) is 10.1 Å². The zero-order valence-corrected chi connectivity index (χ0v) is 12.1. The first-order valence-electron chi connectivity index (χ1n) is 6.19. The average Bonchev–Trinajstić information content (AvgIpc) is 2.45. The molecule has 6 nitrogen and oxygen atoms in total. The van der Waals surface area contributed by atoms with E-state index in [1.165, 1.54) is 30.3 Å². The zero-order chi connectivity index (χ0) is 16.3. The average molecular weight is 320 g/mol. The minimum absolute atomic E-state index is 0.0590. The van der Waals surface area contributed by atoms with Gasteiger partial charge in [-0.3, -0.25) is 9.35 Å². The van der Waals surface area contributed by atoms with Crippen molar-refractivity contribution >= 4 is 21.9 Å². The van der Waals surface area contributed by atoms with Crippen molar-refractivity contribution in [2.45, 2.75) is 5.75 Å². The number of rotatable bonds is 5. The van der Waals surface area contributed by atoms with Crippen molar-refractivity contribution in [2.75, 3.05) is 0 Å². The minimum atomic E-state index is -4.40. The molecule has 0 bridgehead atoms. The molecule has 114 valence electrons. The molecule has 0 unspecified atom stereocenters. The second-order valence-corrected chi connectivity index (χ2v) is 6.02. The van der Waals surface area contributed by atoms with Crippen LogP contribution in [-0.4, -0.2) is 29.8 Å². The maximum absolute atomic E-state index is 12.5. The van der Waals surface area contributed by atoms with Crippen LogP contribution in [0.2, 0.25) is 0 Å². The maximum Gasteiger partial charge on any atom is 0.336 e. The summed E-state index contributed by atoms with van der Waals surface area (Å²) < 4.78 is 31.2. The number of carbonyl (C=O) groups excluding carboxylic acids is 1. The molecule has 0 aromatic heterocycles. The van der Waals surface area contributed by atoms with Crippen molar-refractivity contribution in [3.8, 4) is 0 Å². The van der Waals surface area contributed by atoms with Crippen LogP contribution >= 0.6 is 0 Å². The summed E-state index contributed by atoms with van der Waals surface area (Å²) in [6.07, 6.45) is 0. The van der Waals surface area contributed by atoms with Crippen LogP contribution in [0.15, 0.2) is 48.5 Å². The molecule has 7 heteroatoms. The fraction of sp³-hybridized carbons (Fsp3) is 0.0667. The van der Waals surface area contributed by atoms with Crippen LogP contribution < -0.4 is 0 Å². The van der Waals surface area contributed by atoms with E-state index in [1.54, 1.807) is 18.2 Å². The van der Waals surface area contributed by atoms with Crippen molar-refractivity contribution in [3.05, 3.63) is 70.8 Å². The fourth-order valence-corrected chi connectivity index (χ4v) is 2.73. The van der Waals surface area contributed by atoms with Gasteiger partial charge in [-0.25, -0.2) is 4.79 Å². The second-order valence-electron chi connectivity index (χ2n) is 4.57. The monoisotopic (exact) mass is 320 g/mol. The van der Waals surface area contributed by atoms with Crippen molar-refractivity contribution in [2.24, 2.45) is 0 Å². The van der Waals surface area contributed by atoms with E-state index < -0.39 is 27.6 Å². The Morgan fingerprint density at radius 1 is 0.955 bits per heavy atom. The van der Waals surface area contributed by atoms with Gasteiger partial charge >= 0.3 is 5.97 Å². The first kappa shape index (κ1) is 15.9. The van der Waals surface area contributed by atoms with Crippen LogP contribution in [0, 0.1) is 0 Å². The first-order valence-corrected chi connectivity index (χ1v) is 7.80. The number of aromatic carboxylic acids is 1. The Morgan fingerprint density at radius 2 is 1.59 bits per heavy atom. The highest BCUT2D eigenvalue weighted by molar-refractivity contribution is 7.85. The maximum atomic E-state index is 12.5. The highest BCUT2D eigenvalue weighted by atomic mass is 32.2. The van der Waals surface area contributed by atoms with Gasteiger partial charge in [-0.1, -0.05) is 42.5 Å². The van der Waals surface area contributed by atoms with E-state index >= 15 is 0 Å². The lowest BCUT2D eigenvalue weighted by Crippen LogP contribution is -2.15. The Kier molecular flexibility index (Phi) is 4.39. The summed E-state index contributed by atoms with van der Waals surface area (Å²) in [4.78, 5) is 23.8. The van der Waals surface area contributed by atoms with Gasteiger partial charge in [-0.15, -0.1) is 0 Å². The summed E-state index contributed by atoms with van der Waals surface area (Å²) in [7, 11) is -4.40. The molecule has 0 aliphatic rings. The van der Waals surface area contributed by atoms with Crippen molar-refractivity contribution in [1.29, 1.82) is 0 Å². The number of hydrogen-bond donors (Lipinski definition) is 2. The lowest BCUT2D eigenvalue weighted by molar-refractivity contribution is 0.0692. The highest BCUT2D eigenvalue weighted by Crippen LogP contribution is 2.21. The van der Waals surface area contributed by atoms with E-state index in [-0.39, 0.29) is 22.3 Å². The normalized spacial score (nSPS) is 11.1. The second kappa shape index (κ2) is 6.08. The molecular weight excluding hydrogens is 308 g/mol.